The van der Waals surface area contributed by atoms with Crippen LogP contribution in [0.5, 0.6) is 0 Å². The minimum absolute atomic E-state index is 0.0259. The second kappa shape index (κ2) is 17.3. The zero-order valence-corrected chi connectivity index (χ0v) is 26.0. The van der Waals surface area contributed by atoms with Crippen LogP contribution in [-0.4, -0.2) is 62.1 Å². The van der Waals surface area contributed by atoms with E-state index in [4.69, 9.17) is 4.74 Å². The van der Waals surface area contributed by atoms with Crippen molar-refractivity contribution in [2.75, 3.05) is 39.3 Å². The van der Waals surface area contributed by atoms with Crippen molar-refractivity contribution in [3.05, 3.63) is 144 Å². The molecule has 6 nitrogen and oxygen atoms in total. The molecule has 4 aromatic rings. The summed E-state index contributed by atoms with van der Waals surface area (Å²) in [6.07, 6.45) is 3.69. The maximum Gasteiger partial charge on any atom is 0.239 e. The fourth-order valence-electron chi connectivity index (χ4n) is 6.21. The standard InChI is InChI=1S/C39H45N3O3/c43-38(41-25-23-36(31-14-5-1-6-15-31)32-16-7-2-8-17-32)30-42(39(44)29-40-28-35-22-13-27-45-35)26-24-37(33-18-9-3-10-19-33)34-20-11-4-12-21-34/h1-12,14-21,35-37,40H,13,22-30H2,(H,41,43). The first kappa shape index (κ1) is 32.1. The lowest BCUT2D eigenvalue weighted by Crippen LogP contribution is -2.46. The summed E-state index contributed by atoms with van der Waals surface area (Å²) >= 11 is 0. The summed E-state index contributed by atoms with van der Waals surface area (Å²) in [6, 6.07) is 41.6. The zero-order valence-electron chi connectivity index (χ0n) is 26.0. The van der Waals surface area contributed by atoms with Gasteiger partial charge in [0.05, 0.1) is 19.2 Å². The summed E-state index contributed by atoms with van der Waals surface area (Å²) in [5, 5.41) is 6.39. The quantitative estimate of drug-likeness (QED) is 0.161. The van der Waals surface area contributed by atoms with Gasteiger partial charge in [-0.3, -0.25) is 9.59 Å². The largest absolute Gasteiger partial charge is 0.377 e. The van der Waals surface area contributed by atoms with Gasteiger partial charge in [-0.25, -0.2) is 0 Å². The molecular formula is C39H45N3O3. The fourth-order valence-corrected chi connectivity index (χ4v) is 6.21. The molecule has 0 bridgehead atoms. The van der Waals surface area contributed by atoms with E-state index in [1.165, 1.54) is 22.3 Å². The van der Waals surface area contributed by atoms with Gasteiger partial charge in [-0.15, -0.1) is 0 Å². The molecular weight excluding hydrogens is 558 g/mol. The smallest absolute Gasteiger partial charge is 0.239 e. The van der Waals surface area contributed by atoms with E-state index in [0.717, 1.165) is 25.9 Å². The average molecular weight is 604 g/mol. The minimum Gasteiger partial charge on any atom is -0.377 e. The van der Waals surface area contributed by atoms with E-state index in [0.29, 0.717) is 26.1 Å². The molecule has 5 rings (SSSR count). The summed E-state index contributed by atoms with van der Waals surface area (Å²) in [7, 11) is 0. The van der Waals surface area contributed by atoms with Crippen molar-refractivity contribution in [3.63, 3.8) is 0 Å². The van der Waals surface area contributed by atoms with Crippen molar-refractivity contribution in [1.29, 1.82) is 0 Å². The van der Waals surface area contributed by atoms with Crippen molar-refractivity contribution < 1.29 is 14.3 Å². The van der Waals surface area contributed by atoms with Crippen molar-refractivity contribution in [2.45, 2.75) is 43.6 Å². The lowest BCUT2D eigenvalue weighted by molar-refractivity contribution is -0.135. The van der Waals surface area contributed by atoms with Crippen LogP contribution in [0.1, 0.15) is 59.8 Å². The number of carbonyl (C=O) groups excluding carboxylic acids is 2. The first-order valence-electron chi connectivity index (χ1n) is 16.2. The van der Waals surface area contributed by atoms with Crippen molar-refractivity contribution in [3.8, 4) is 0 Å². The molecule has 1 fully saturated rings. The van der Waals surface area contributed by atoms with Crippen LogP contribution in [0.25, 0.3) is 0 Å². The number of amides is 2. The van der Waals surface area contributed by atoms with Gasteiger partial charge in [0, 0.05) is 38.1 Å². The molecule has 2 amide bonds. The highest BCUT2D eigenvalue weighted by Gasteiger charge is 2.22. The monoisotopic (exact) mass is 603 g/mol. The molecule has 1 aliphatic heterocycles. The number of benzene rings is 4. The van der Waals surface area contributed by atoms with Gasteiger partial charge in [0.25, 0.3) is 0 Å². The van der Waals surface area contributed by atoms with E-state index in [1.807, 2.05) is 24.3 Å². The first-order chi connectivity index (χ1) is 22.2. The van der Waals surface area contributed by atoms with E-state index in [2.05, 4.69) is 108 Å². The Kier molecular flexibility index (Phi) is 12.3. The molecule has 2 N–H and O–H groups in total. The van der Waals surface area contributed by atoms with Gasteiger partial charge in [-0.1, -0.05) is 121 Å². The van der Waals surface area contributed by atoms with Crippen LogP contribution in [0.3, 0.4) is 0 Å². The molecule has 1 atom stereocenters. The lowest BCUT2D eigenvalue weighted by Gasteiger charge is -2.26. The van der Waals surface area contributed by atoms with Crippen molar-refractivity contribution in [2.24, 2.45) is 0 Å². The van der Waals surface area contributed by atoms with E-state index >= 15 is 0 Å². The number of rotatable bonds is 16. The molecule has 6 heteroatoms. The Labute approximate surface area is 267 Å². The predicted octanol–water partition coefficient (Wildman–Crippen LogP) is 6.14. The topological polar surface area (TPSA) is 70.7 Å². The Hall–Kier alpha value is -4.26. The van der Waals surface area contributed by atoms with Crippen molar-refractivity contribution >= 4 is 11.8 Å². The Balaban J connectivity index is 1.23. The number of carbonyl (C=O) groups is 2. The van der Waals surface area contributed by atoms with Gasteiger partial charge in [0.2, 0.25) is 11.8 Å². The number of nitrogens with one attached hydrogen (secondary N) is 2. The Morgan fingerprint density at radius 3 is 1.67 bits per heavy atom. The fraction of sp³-hybridized carbons (Fsp3) is 0.333. The maximum atomic E-state index is 13.5. The van der Waals surface area contributed by atoms with Gasteiger partial charge in [0.15, 0.2) is 0 Å². The number of hydrogen-bond donors (Lipinski definition) is 2. The second-order valence-electron chi connectivity index (χ2n) is 11.8. The van der Waals surface area contributed by atoms with E-state index in [-0.39, 0.29) is 42.8 Å². The summed E-state index contributed by atoms with van der Waals surface area (Å²) in [6.45, 7) is 2.62. The Morgan fingerprint density at radius 1 is 0.711 bits per heavy atom. The minimum atomic E-state index is -0.140. The van der Waals surface area contributed by atoms with Crippen LogP contribution in [0, 0.1) is 0 Å². The highest BCUT2D eigenvalue weighted by molar-refractivity contribution is 5.85. The van der Waals surface area contributed by atoms with Gasteiger partial charge in [0.1, 0.15) is 0 Å². The van der Waals surface area contributed by atoms with Crippen LogP contribution in [0.2, 0.25) is 0 Å². The third kappa shape index (κ3) is 9.87. The highest BCUT2D eigenvalue weighted by Crippen LogP contribution is 2.29. The summed E-state index contributed by atoms with van der Waals surface area (Å²) in [5.74, 6) is 0.0702. The third-order valence-corrected chi connectivity index (χ3v) is 8.61. The number of nitrogens with zero attached hydrogens (tertiary/aromatic N) is 1. The number of ether oxygens (including phenoxy) is 1. The molecule has 0 aromatic heterocycles. The third-order valence-electron chi connectivity index (χ3n) is 8.61. The number of hydrogen-bond acceptors (Lipinski definition) is 4. The first-order valence-corrected chi connectivity index (χ1v) is 16.2. The van der Waals surface area contributed by atoms with Gasteiger partial charge >= 0.3 is 0 Å². The molecule has 45 heavy (non-hydrogen) atoms. The highest BCUT2D eigenvalue weighted by atomic mass is 16.5. The van der Waals surface area contributed by atoms with Gasteiger partial charge in [-0.05, 0) is 47.9 Å². The summed E-state index contributed by atoms with van der Waals surface area (Å²) in [5.41, 5.74) is 4.84. The molecule has 1 unspecified atom stereocenters. The molecule has 1 aliphatic rings. The van der Waals surface area contributed by atoms with E-state index in [1.54, 1.807) is 4.90 Å². The SMILES string of the molecule is O=C(CN(CCC(c1ccccc1)c1ccccc1)C(=O)CNCC1CCCO1)NCCC(c1ccccc1)c1ccccc1. The summed E-state index contributed by atoms with van der Waals surface area (Å²) in [4.78, 5) is 28.6. The zero-order chi connectivity index (χ0) is 31.1. The Morgan fingerprint density at radius 2 is 1.20 bits per heavy atom. The molecule has 0 aliphatic carbocycles. The van der Waals surface area contributed by atoms with Crippen LogP contribution < -0.4 is 10.6 Å². The maximum absolute atomic E-state index is 13.5. The second-order valence-corrected chi connectivity index (χ2v) is 11.8. The van der Waals surface area contributed by atoms with Crippen molar-refractivity contribution in [1.82, 2.24) is 15.5 Å². The van der Waals surface area contributed by atoms with Crippen LogP contribution >= 0.6 is 0 Å². The lowest BCUT2D eigenvalue weighted by atomic mass is 9.88. The molecule has 1 saturated heterocycles. The van der Waals surface area contributed by atoms with E-state index in [9.17, 15) is 9.59 Å². The van der Waals surface area contributed by atoms with E-state index < -0.39 is 0 Å². The Bertz CT molecular complexity index is 1350. The molecule has 1 heterocycles. The molecule has 0 spiro atoms. The molecule has 4 aromatic carbocycles. The molecule has 0 saturated carbocycles. The average Bonchev–Trinajstić information content (AvgIpc) is 3.62. The normalized spacial score (nSPS) is 14.5. The molecule has 0 radical (unpaired) electrons. The van der Waals surface area contributed by atoms with Gasteiger partial charge < -0.3 is 20.3 Å². The van der Waals surface area contributed by atoms with Gasteiger partial charge in [-0.2, -0.15) is 0 Å². The van der Waals surface area contributed by atoms with Crippen LogP contribution in [-0.2, 0) is 14.3 Å². The van der Waals surface area contributed by atoms with Crippen LogP contribution in [0.15, 0.2) is 121 Å². The summed E-state index contributed by atoms with van der Waals surface area (Å²) < 4.78 is 5.71. The molecule has 234 valence electrons. The predicted molar refractivity (Wildman–Crippen MR) is 180 cm³/mol. The van der Waals surface area contributed by atoms with Crippen LogP contribution in [0.4, 0.5) is 0 Å².